The van der Waals surface area contributed by atoms with Gasteiger partial charge in [-0.1, -0.05) is 155 Å². The molecule has 4 nitrogen and oxygen atoms in total. The van der Waals surface area contributed by atoms with Crippen LogP contribution < -0.4 is 9.80 Å². The third kappa shape index (κ3) is 6.88. The fourth-order valence-corrected chi connectivity index (χ4v) is 13.7. The van der Waals surface area contributed by atoms with E-state index in [2.05, 4.69) is 276 Å². The number of anilines is 6. The highest BCUT2D eigenvalue weighted by molar-refractivity contribution is 6.13. The van der Waals surface area contributed by atoms with Gasteiger partial charge in [-0.15, -0.1) is 0 Å². The molecule has 0 aliphatic heterocycles. The molecule has 12 aromatic carbocycles. The first-order valence-corrected chi connectivity index (χ1v) is 28.0. The molecule has 2 aliphatic carbocycles. The van der Waals surface area contributed by atoms with Gasteiger partial charge in [0.2, 0.25) is 0 Å². The number of benzene rings is 12. The molecule has 0 N–H and O–H groups in total. The van der Waals surface area contributed by atoms with Crippen LogP contribution in [0.2, 0.25) is 0 Å². The van der Waals surface area contributed by atoms with E-state index < -0.39 is 0 Å². The van der Waals surface area contributed by atoms with Gasteiger partial charge in [-0.2, -0.15) is 0 Å². The van der Waals surface area contributed by atoms with Gasteiger partial charge in [0, 0.05) is 55.1 Å². The molecule has 2 aliphatic rings. The van der Waals surface area contributed by atoms with Crippen LogP contribution in [0.15, 0.2) is 239 Å². The molecule has 14 aromatic rings. The van der Waals surface area contributed by atoms with E-state index in [1.165, 1.54) is 82.7 Å². The lowest BCUT2D eigenvalue weighted by Crippen LogP contribution is -2.16. The van der Waals surface area contributed by atoms with Gasteiger partial charge in [0.1, 0.15) is 11.2 Å². The summed E-state index contributed by atoms with van der Waals surface area (Å²) in [6.07, 6.45) is 0. The van der Waals surface area contributed by atoms with E-state index in [-0.39, 0.29) is 10.8 Å². The average molecular weight is 1030 g/mol. The minimum Gasteiger partial charge on any atom is -0.454 e. The lowest BCUT2D eigenvalue weighted by Gasteiger charge is -2.28. The molecular formula is C76H56N2O2. The van der Waals surface area contributed by atoms with Gasteiger partial charge >= 0.3 is 0 Å². The van der Waals surface area contributed by atoms with Crippen LogP contribution in [0.25, 0.3) is 98.8 Å². The van der Waals surface area contributed by atoms with Crippen LogP contribution in [-0.4, -0.2) is 0 Å². The largest absolute Gasteiger partial charge is 0.454 e. The van der Waals surface area contributed by atoms with Crippen molar-refractivity contribution in [2.24, 2.45) is 0 Å². The standard InChI is InChI=1S/C76H56N2O2/c1-45-24-29-53(30-25-45)77(69-21-12-19-60-59-18-9-10-23-71(59)79-73(60)69)55-31-33-58-63-39-51-27-26-49(37-52(51)42-66(63)76(5,6)67(58)43-55)50-28-35-72-64(40-50)61-20-13-22-70(74(61)80-72)78(54-17-11-14-46(2)36-54)56-32-34-57-62-38-47-15-7-8-16-48(47)41-65(62)75(3,4)68(57)44-56/h7-44H,1-6H3. The van der Waals surface area contributed by atoms with E-state index in [9.17, 15) is 0 Å². The first kappa shape index (κ1) is 46.5. The van der Waals surface area contributed by atoms with Crippen molar-refractivity contribution in [1.29, 1.82) is 0 Å². The molecular weight excluding hydrogens is 973 g/mol. The van der Waals surface area contributed by atoms with E-state index in [0.717, 1.165) is 83.6 Å². The summed E-state index contributed by atoms with van der Waals surface area (Å²) in [7, 11) is 0. The lowest BCUT2D eigenvalue weighted by molar-refractivity contribution is 0.661. The predicted octanol–water partition coefficient (Wildman–Crippen LogP) is 21.6. The molecule has 80 heavy (non-hydrogen) atoms. The van der Waals surface area contributed by atoms with Gasteiger partial charge in [0.15, 0.2) is 11.2 Å². The number of furan rings is 2. The van der Waals surface area contributed by atoms with Crippen molar-refractivity contribution >= 4 is 99.5 Å². The van der Waals surface area contributed by atoms with E-state index in [0.29, 0.717) is 0 Å². The van der Waals surface area contributed by atoms with Crippen molar-refractivity contribution in [2.45, 2.75) is 52.4 Å². The summed E-state index contributed by atoms with van der Waals surface area (Å²) in [5, 5.41) is 9.41. The highest BCUT2D eigenvalue weighted by Crippen LogP contribution is 2.55. The van der Waals surface area contributed by atoms with Gasteiger partial charge in [-0.05, 0) is 206 Å². The highest BCUT2D eigenvalue weighted by atomic mass is 16.3. The minimum atomic E-state index is -0.260. The molecule has 4 heteroatoms. The SMILES string of the molecule is Cc1ccc(N(c2ccc3c(c2)C(C)(C)c2cc4cc(-c5ccc6oc7c(N(c8cccc(C)c8)c8ccc9c(c8)C(C)(C)c8cc%10ccccc%10cc8-9)cccc7c6c5)ccc4cc2-3)c2cccc3c2oc2ccccc23)cc1. The van der Waals surface area contributed by atoms with Crippen molar-refractivity contribution in [3.05, 3.63) is 264 Å². The second-order valence-electron chi connectivity index (χ2n) is 23.5. The summed E-state index contributed by atoms with van der Waals surface area (Å²) >= 11 is 0. The van der Waals surface area contributed by atoms with E-state index >= 15 is 0 Å². The quantitative estimate of drug-likeness (QED) is 0.159. The number of hydrogen-bond acceptors (Lipinski definition) is 4. The number of nitrogens with zero attached hydrogens (tertiary/aromatic N) is 2. The Morgan fingerprint density at radius 3 is 1.45 bits per heavy atom. The summed E-state index contributed by atoms with van der Waals surface area (Å²) in [5.74, 6) is 0. The topological polar surface area (TPSA) is 32.8 Å². The number of aryl methyl sites for hydroxylation is 2. The summed E-state index contributed by atoms with van der Waals surface area (Å²) in [6.45, 7) is 13.8. The zero-order valence-electron chi connectivity index (χ0n) is 45.7. The Kier molecular flexibility index (Phi) is 9.83. The highest BCUT2D eigenvalue weighted by Gasteiger charge is 2.38. The molecule has 0 spiro atoms. The van der Waals surface area contributed by atoms with E-state index in [4.69, 9.17) is 8.83 Å². The molecule has 2 aromatic heterocycles. The van der Waals surface area contributed by atoms with Crippen LogP contribution in [0, 0.1) is 13.8 Å². The van der Waals surface area contributed by atoms with Crippen LogP contribution in [0.4, 0.5) is 34.1 Å². The van der Waals surface area contributed by atoms with Crippen LogP contribution in [0.3, 0.4) is 0 Å². The predicted molar refractivity (Wildman–Crippen MR) is 335 cm³/mol. The van der Waals surface area contributed by atoms with Crippen LogP contribution in [0.1, 0.15) is 61.1 Å². The summed E-state index contributed by atoms with van der Waals surface area (Å²) in [4.78, 5) is 4.75. The van der Waals surface area contributed by atoms with E-state index in [1.807, 2.05) is 6.07 Å². The second-order valence-corrected chi connectivity index (χ2v) is 23.5. The van der Waals surface area contributed by atoms with Gasteiger partial charge in [-0.25, -0.2) is 0 Å². The van der Waals surface area contributed by atoms with Gasteiger partial charge in [0.05, 0.1) is 11.4 Å². The van der Waals surface area contributed by atoms with Crippen molar-refractivity contribution in [3.8, 4) is 33.4 Å². The minimum absolute atomic E-state index is 0.183. The van der Waals surface area contributed by atoms with Crippen LogP contribution >= 0.6 is 0 Å². The maximum Gasteiger partial charge on any atom is 0.159 e. The summed E-state index contributed by atoms with van der Waals surface area (Å²) in [5.41, 5.74) is 24.7. The number of hydrogen-bond donors (Lipinski definition) is 0. The Balaban J connectivity index is 0.767. The first-order valence-electron chi connectivity index (χ1n) is 28.0. The second kappa shape index (κ2) is 16.9. The van der Waals surface area contributed by atoms with Crippen molar-refractivity contribution in [2.75, 3.05) is 9.80 Å². The third-order valence-electron chi connectivity index (χ3n) is 17.9. The number of rotatable bonds is 7. The molecule has 0 bridgehead atoms. The molecule has 16 rings (SSSR count). The zero-order valence-corrected chi connectivity index (χ0v) is 45.7. The Morgan fingerprint density at radius 2 is 0.787 bits per heavy atom. The molecule has 0 unspecified atom stereocenters. The van der Waals surface area contributed by atoms with Crippen LogP contribution in [0.5, 0.6) is 0 Å². The maximum absolute atomic E-state index is 6.99. The summed E-state index contributed by atoms with van der Waals surface area (Å²) < 4.78 is 13.7. The van der Waals surface area contributed by atoms with Gasteiger partial charge in [-0.3, -0.25) is 0 Å². The molecule has 0 atom stereocenters. The van der Waals surface area contributed by atoms with Crippen molar-refractivity contribution in [1.82, 2.24) is 0 Å². The van der Waals surface area contributed by atoms with Crippen molar-refractivity contribution in [3.63, 3.8) is 0 Å². The van der Waals surface area contributed by atoms with Crippen LogP contribution in [-0.2, 0) is 10.8 Å². The molecule has 0 radical (unpaired) electrons. The van der Waals surface area contributed by atoms with Gasteiger partial charge < -0.3 is 18.6 Å². The molecule has 382 valence electrons. The fourth-order valence-electron chi connectivity index (χ4n) is 13.7. The Bertz CT molecular complexity index is 4930. The zero-order chi connectivity index (χ0) is 53.8. The normalized spacial score (nSPS) is 13.8. The Morgan fingerprint density at radius 1 is 0.300 bits per heavy atom. The fraction of sp³-hybridized carbons (Fsp3) is 0.105. The molecule has 0 saturated heterocycles. The smallest absolute Gasteiger partial charge is 0.159 e. The van der Waals surface area contributed by atoms with E-state index in [1.54, 1.807) is 0 Å². The average Bonchev–Trinajstić information content (AvgIpc) is 4.37. The number of fused-ring (bicyclic) bond motifs is 14. The lowest BCUT2D eigenvalue weighted by atomic mass is 9.81. The monoisotopic (exact) mass is 1030 g/mol. The Hall–Kier alpha value is -9.64. The molecule has 0 amide bonds. The number of para-hydroxylation sites is 3. The van der Waals surface area contributed by atoms with Gasteiger partial charge in [0.25, 0.3) is 0 Å². The third-order valence-corrected chi connectivity index (χ3v) is 17.9. The maximum atomic E-state index is 6.99. The van der Waals surface area contributed by atoms with Crippen molar-refractivity contribution < 1.29 is 8.83 Å². The molecule has 0 fully saturated rings. The molecule has 2 heterocycles. The Labute approximate surface area is 465 Å². The summed E-state index contributed by atoms with van der Waals surface area (Å²) in [6, 6.07) is 85.1. The molecule has 0 saturated carbocycles. The first-order chi connectivity index (χ1) is 38.9.